The largest absolute Gasteiger partial charge is 0.475 e. The highest BCUT2D eigenvalue weighted by Crippen LogP contribution is 2.23. The van der Waals surface area contributed by atoms with Crippen molar-refractivity contribution in [3.05, 3.63) is 23.0 Å². The first-order valence-corrected chi connectivity index (χ1v) is 10.2. The zero-order chi connectivity index (χ0) is 21.7. The first-order valence-electron chi connectivity index (χ1n) is 9.43. The zero-order valence-corrected chi connectivity index (χ0v) is 18.2. The highest BCUT2D eigenvalue weighted by atomic mass is 32.1. The third kappa shape index (κ3) is 6.27. The number of nitriles is 1. The Morgan fingerprint density at radius 2 is 2.27 bits per heavy atom. The van der Waals surface area contributed by atoms with Gasteiger partial charge in [-0.1, -0.05) is 11.3 Å². The van der Waals surface area contributed by atoms with Crippen LogP contribution < -0.4 is 10.1 Å². The Kier molecular flexibility index (Phi) is 6.69. The minimum absolute atomic E-state index is 0.227. The SMILES string of the molecule is Cc1nc(Nc2ncc(C#N)s2)cc(OCC2CN(C(=O)OC(C)(C)C)CCO2)n1. The van der Waals surface area contributed by atoms with E-state index in [0.717, 1.165) is 0 Å². The summed E-state index contributed by atoms with van der Waals surface area (Å²) in [5.41, 5.74) is -0.547. The lowest BCUT2D eigenvalue weighted by molar-refractivity contribution is -0.0561. The van der Waals surface area contributed by atoms with Gasteiger partial charge in [0.1, 0.15) is 40.9 Å². The number of carbonyl (C=O) groups is 1. The van der Waals surface area contributed by atoms with Crippen LogP contribution in [0.25, 0.3) is 0 Å². The van der Waals surface area contributed by atoms with Crippen LogP contribution >= 0.6 is 11.3 Å². The molecule has 3 heterocycles. The van der Waals surface area contributed by atoms with Gasteiger partial charge in [0.05, 0.1) is 19.3 Å². The first-order chi connectivity index (χ1) is 14.2. The maximum atomic E-state index is 12.3. The lowest BCUT2D eigenvalue weighted by atomic mass is 10.2. The van der Waals surface area contributed by atoms with Gasteiger partial charge in [-0.3, -0.25) is 0 Å². The van der Waals surface area contributed by atoms with E-state index in [4.69, 9.17) is 19.5 Å². The molecule has 0 radical (unpaired) electrons. The Bertz CT molecular complexity index is 936. The second kappa shape index (κ2) is 9.23. The van der Waals surface area contributed by atoms with Crippen LogP contribution in [-0.4, -0.2) is 64.0 Å². The number of carbonyl (C=O) groups excluding carboxylic acids is 1. The van der Waals surface area contributed by atoms with E-state index >= 15 is 0 Å². The average molecular weight is 433 g/mol. The first kappa shape index (κ1) is 21.7. The van der Waals surface area contributed by atoms with E-state index < -0.39 is 5.60 Å². The normalized spacial score (nSPS) is 16.6. The smallest absolute Gasteiger partial charge is 0.410 e. The summed E-state index contributed by atoms with van der Waals surface area (Å²) >= 11 is 1.23. The van der Waals surface area contributed by atoms with Gasteiger partial charge in [0.2, 0.25) is 5.88 Å². The molecule has 0 aromatic carbocycles. The topological polar surface area (TPSA) is 122 Å². The van der Waals surface area contributed by atoms with Crippen molar-refractivity contribution in [2.24, 2.45) is 0 Å². The van der Waals surface area contributed by atoms with Crippen LogP contribution in [0.15, 0.2) is 12.3 Å². The number of ether oxygens (including phenoxy) is 3. The molecule has 11 heteroatoms. The quantitative estimate of drug-likeness (QED) is 0.759. The summed E-state index contributed by atoms with van der Waals surface area (Å²) in [7, 11) is 0. The summed E-state index contributed by atoms with van der Waals surface area (Å²) in [6, 6.07) is 3.69. The molecule has 1 N–H and O–H groups in total. The van der Waals surface area contributed by atoms with Gasteiger partial charge in [-0.05, 0) is 27.7 Å². The third-order valence-corrected chi connectivity index (χ3v) is 4.69. The standard InChI is InChI=1S/C19H24N6O4S/c1-12-22-15(24-17-21-9-14(8-20)30-17)7-16(23-12)28-11-13-10-25(5-6-27-13)18(26)29-19(2,3)4/h7,9,13H,5-6,10-11H2,1-4H3,(H,21,22,23,24). The molecule has 1 amide bonds. The fourth-order valence-corrected chi connectivity index (χ4v) is 3.28. The van der Waals surface area contributed by atoms with E-state index in [9.17, 15) is 4.79 Å². The number of aromatic nitrogens is 3. The molecular weight excluding hydrogens is 408 g/mol. The molecule has 1 aliphatic heterocycles. The summed E-state index contributed by atoms with van der Waals surface area (Å²) in [6.45, 7) is 8.75. The van der Waals surface area contributed by atoms with Gasteiger partial charge in [0, 0.05) is 12.6 Å². The predicted octanol–water partition coefficient (Wildman–Crippen LogP) is 2.87. The monoisotopic (exact) mass is 432 g/mol. The Morgan fingerprint density at radius 3 is 2.97 bits per heavy atom. The number of amides is 1. The van der Waals surface area contributed by atoms with Gasteiger partial charge in [-0.15, -0.1) is 0 Å². The van der Waals surface area contributed by atoms with E-state index in [0.29, 0.717) is 47.2 Å². The lowest BCUT2D eigenvalue weighted by Gasteiger charge is -2.34. The van der Waals surface area contributed by atoms with Gasteiger partial charge in [-0.2, -0.15) is 10.2 Å². The van der Waals surface area contributed by atoms with Crippen molar-refractivity contribution >= 4 is 28.4 Å². The molecule has 1 atom stereocenters. The van der Waals surface area contributed by atoms with Crippen LogP contribution in [0, 0.1) is 18.3 Å². The fraction of sp³-hybridized carbons (Fsp3) is 0.526. The Labute approximate surface area is 178 Å². The molecular formula is C19H24N6O4S. The van der Waals surface area contributed by atoms with Crippen molar-refractivity contribution in [1.29, 1.82) is 5.26 Å². The van der Waals surface area contributed by atoms with Crippen LogP contribution in [0.1, 0.15) is 31.5 Å². The third-order valence-electron chi connectivity index (χ3n) is 3.87. The van der Waals surface area contributed by atoms with Gasteiger partial charge in [0.15, 0.2) is 5.13 Å². The zero-order valence-electron chi connectivity index (χ0n) is 17.3. The summed E-state index contributed by atoms with van der Waals surface area (Å²) in [4.78, 5) is 27.1. The summed E-state index contributed by atoms with van der Waals surface area (Å²) < 4.78 is 16.9. The van der Waals surface area contributed by atoms with E-state index in [1.165, 1.54) is 17.5 Å². The second-order valence-electron chi connectivity index (χ2n) is 7.64. The molecule has 10 nitrogen and oxygen atoms in total. The molecule has 1 fully saturated rings. The van der Waals surface area contributed by atoms with E-state index in [-0.39, 0.29) is 18.8 Å². The predicted molar refractivity (Wildman–Crippen MR) is 110 cm³/mol. The van der Waals surface area contributed by atoms with Crippen LogP contribution in [-0.2, 0) is 9.47 Å². The number of hydrogen-bond donors (Lipinski definition) is 1. The molecule has 0 saturated carbocycles. The molecule has 0 aliphatic carbocycles. The maximum Gasteiger partial charge on any atom is 0.410 e. The van der Waals surface area contributed by atoms with Gasteiger partial charge in [-0.25, -0.2) is 14.8 Å². The second-order valence-corrected chi connectivity index (χ2v) is 8.67. The Balaban J connectivity index is 1.58. The molecule has 1 unspecified atom stereocenters. The highest BCUT2D eigenvalue weighted by molar-refractivity contribution is 7.16. The van der Waals surface area contributed by atoms with Crippen molar-refractivity contribution < 1.29 is 19.0 Å². The number of rotatable bonds is 5. The number of hydrogen-bond acceptors (Lipinski definition) is 10. The molecule has 3 rings (SSSR count). The molecule has 30 heavy (non-hydrogen) atoms. The summed E-state index contributed by atoms with van der Waals surface area (Å²) in [5.74, 6) is 1.41. The molecule has 2 aromatic rings. The molecule has 1 aliphatic rings. The van der Waals surface area contributed by atoms with Crippen molar-refractivity contribution in [2.45, 2.75) is 39.4 Å². The number of morpholine rings is 1. The van der Waals surface area contributed by atoms with E-state index in [2.05, 4.69) is 20.3 Å². The minimum Gasteiger partial charge on any atom is -0.475 e. The number of anilines is 2. The maximum absolute atomic E-state index is 12.3. The molecule has 0 spiro atoms. The minimum atomic E-state index is -0.547. The highest BCUT2D eigenvalue weighted by Gasteiger charge is 2.28. The Hall–Kier alpha value is -2.97. The van der Waals surface area contributed by atoms with Gasteiger partial charge >= 0.3 is 6.09 Å². The number of nitrogens with zero attached hydrogens (tertiary/aromatic N) is 5. The van der Waals surface area contributed by atoms with Crippen LogP contribution in [0.3, 0.4) is 0 Å². The van der Waals surface area contributed by atoms with Crippen molar-refractivity contribution in [3.63, 3.8) is 0 Å². The van der Waals surface area contributed by atoms with Gasteiger partial charge in [0.25, 0.3) is 0 Å². The van der Waals surface area contributed by atoms with Crippen molar-refractivity contribution in [1.82, 2.24) is 19.9 Å². The number of nitrogens with one attached hydrogen (secondary N) is 1. The van der Waals surface area contributed by atoms with Crippen LogP contribution in [0.5, 0.6) is 5.88 Å². The van der Waals surface area contributed by atoms with Crippen molar-refractivity contribution in [2.75, 3.05) is 31.6 Å². The summed E-state index contributed by atoms with van der Waals surface area (Å²) in [6.07, 6.45) is 0.838. The molecule has 1 saturated heterocycles. The van der Waals surface area contributed by atoms with E-state index in [1.54, 1.807) is 17.9 Å². The number of aryl methyl sites for hydroxylation is 1. The molecule has 0 bridgehead atoms. The molecule has 2 aromatic heterocycles. The van der Waals surface area contributed by atoms with Gasteiger partial charge < -0.3 is 24.4 Å². The average Bonchev–Trinajstić information content (AvgIpc) is 3.12. The van der Waals surface area contributed by atoms with E-state index in [1.807, 2.05) is 26.8 Å². The fourth-order valence-electron chi connectivity index (χ4n) is 2.66. The molecule has 160 valence electrons. The number of thiazole rings is 1. The van der Waals surface area contributed by atoms with Crippen molar-refractivity contribution in [3.8, 4) is 11.9 Å². The summed E-state index contributed by atoms with van der Waals surface area (Å²) in [5, 5.41) is 12.5. The Morgan fingerprint density at radius 1 is 1.47 bits per heavy atom. The van der Waals surface area contributed by atoms with Crippen LogP contribution in [0.2, 0.25) is 0 Å². The van der Waals surface area contributed by atoms with Crippen LogP contribution in [0.4, 0.5) is 15.7 Å². The lowest BCUT2D eigenvalue weighted by Crippen LogP contribution is -2.49.